The van der Waals surface area contributed by atoms with Gasteiger partial charge < -0.3 is 19.8 Å². The van der Waals surface area contributed by atoms with Gasteiger partial charge in [-0.15, -0.1) is 0 Å². The number of hydrogen-bond acceptors (Lipinski definition) is 8. The lowest BCUT2D eigenvalue weighted by Crippen LogP contribution is -2.40. The highest BCUT2D eigenvalue weighted by Gasteiger charge is 2.29. The molecule has 0 saturated carbocycles. The maximum atomic E-state index is 12.2. The Hall–Kier alpha value is -3.18. The van der Waals surface area contributed by atoms with E-state index in [1.54, 1.807) is 45.0 Å². The first-order valence-electron chi connectivity index (χ1n) is 11.1. The van der Waals surface area contributed by atoms with Gasteiger partial charge in [-0.1, -0.05) is 31.5 Å². The number of methoxy groups -OCH3 is 1. The highest BCUT2D eigenvalue weighted by Crippen LogP contribution is 2.36. The van der Waals surface area contributed by atoms with Crippen LogP contribution in [-0.2, 0) is 20.0 Å². The van der Waals surface area contributed by atoms with Gasteiger partial charge in [-0.05, 0) is 39.0 Å². The normalized spacial score (nSPS) is 12.3. The van der Waals surface area contributed by atoms with Crippen LogP contribution in [0.2, 0.25) is 5.02 Å². The number of sulfone groups is 1. The van der Waals surface area contributed by atoms with Crippen molar-refractivity contribution in [3.8, 4) is 28.4 Å². The van der Waals surface area contributed by atoms with E-state index in [2.05, 4.69) is 20.3 Å². The van der Waals surface area contributed by atoms with Crippen molar-refractivity contribution in [2.24, 2.45) is 0 Å². The van der Waals surface area contributed by atoms with Crippen LogP contribution in [-0.4, -0.2) is 60.0 Å². The SMILES string of the molecule is COc1cc(-c2nc(C(C)(C)CNC(=O)OC(C)(C)C)[nH]c2-c2ccnc(S(C)(=O)=O)n2)ccc1Cl. The quantitative estimate of drug-likeness (QED) is 0.425. The van der Waals surface area contributed by atoms with E-state index in [1.165, 1.54) is 13.3 Å². The number of carbonyl (C=O) groups excluding carboxylic acids is 1. The molecule has 0 fully saturated rings. The van der Waals surface area contributed by atoms with E-state index in [4.69, 9.17) is 26.1 Å². The average Bonchev–Trinajstić information content (AvgIpc) is 3.23. The van der Waals surface area contributed by atoms with E-state index in [9.17, 15) is 13.2 Å². The van der Waals surface area contributed by atoms with Gasteiger partial charge in [0.2, 0.25) is 15.0 Å². The third-order valence-electron chi connectivity index (χ3n) is 5.06. The summed E-state index contributed by atoms with van der Waals surface area (Å²) in [6.45, 7) is 9.39. The Morgan fingerprint density at radius 2 is 1.83 bits per heavy atom. The second-order valence-electron chi connectivity index (χ2n) is 9.89. The van der Waals surface area contributed by atoms with Crippen molar-refractivity contribution in [1.29, 1.82) is 0 Å². The largest absolute Gasteiger partial charge is 0.495 e. The summed E-state index contributed by atoms with van der Waals surface area (Å²) in [5, 5.41) is 2.91. The molecule has 0 aliphatic rings. The molecule has 1 amide bonds. The van der Waals surface area contributed by atoms with Crippen LogP contribution < -0.4 is 10.1 Å². The zero-order chi connectivity index (χ0) is 26.9. The standard InChI is InChI=1S/C24H30ClN5O5S/c1-23(2,3)35-22(31)27-13-24(4,5)20-29-18(14-8-9-15(25)17(12-14)34-6)19(30-20)16-10-11-26-21(28-16)36(7,32)33/h8-12H,13H2,1-7H3,(H,27,31)(H,29,30). The van der Waals surface area contributed by atoms with E-state index in [1.807, 2.05) is 13.8 Å². The number of carbonyl (C=O) groups is 1. The van der Waals surface area contributed by atoms with Crippen LogP contribution in [0.5, 0.6) is 5.75 Å². The van der Waals surface area contributed by atoms with Crippen LogP contribution in [0.1, 0.15) is 40.4 Å². The molecular weight excluding hydrogens is 506 g/mol. The number of halogens is 1. The molecule has 0 saturated heterocycles. The van der Waals surface area contributed by atoms with Gasteiger partial charge >= 0.3 is 6.09 Å². The Bertz CT molecular complexity index is 1380. The number of nitrogens with zero attached hydrogens (tertiary/aromatic N) is 3. The maximum absolute atomic E-state index is 12.2. The molecule has 0 radical (unpaired) electrons. The maximum Gasteiger partial charge on any atom is 0.407 e. The van der Waals surface area contributed by atoms with Crippen LogP contribution in [0, 0.1) is 0 Å². The van der Waals surface area contributed by atoms with Gasteiger partial charge in [-0.2, -0.15) is 0 Å². The topological polar surface area (TPSA) is 136 Å². The Kier molecular flexibility index (Phi) is 7.66. The summed E-state index contributed by atoms with van der Waals surface area (Å²) in [5.41, 5.74) is 0.702. The van der Waals surface area contributed by atoms with Gasteiger partial charge in [-0.3, -0.25) is 0 Å². The zero-order valence-electron chi connectivity index (χ0n) is 21.3. The zero-order valence-corrected chi connectivity index (χ0v) is 22.8. The fraction of sp³-hybridized carbons (Fsp3) is 0.417. The molecule has 12 heteroatoms. The smallest absolute Gasteiger partial charge is 0.407 e. The molecule has 10 nitrogen and oxygen atoms in total. The molecule has 0 unspecified atom stereocenters. The van der Waals surface area contributed by atoms with Gasteiger partial charge in [0.15, 0.2) is 0 Å². The first-order chi connectivity index (χ1) is 16.6. The van der Waals surface area contributed by atoms with E-state index in [0.29, 0.717) is 39.2 Å². The predicted octanol–water partition coefficient (Wildman–Crippen LogP) is 4.40. The van der Waals surface area contributed by atoms with Crippen LogP contribution in [0.4, 0.5) is 4.79 Å². The molecule has 2 aromatic heterocycles. The number of hydrogen-bond donors (Lipinski definition) is 2. The summed E-state index contributed by atoms with van der Waals surface area (Å²) in [6.07, 6.45) is 1.88. The Morgan fingerprint density at radius 3 is 2.44 bits per heavy atom. The van der Waals surface area contributed by atoms with Gasteiger partial charge in [-0.25, -0.2) is 28.2 Å². The summed E-state index contributed by atoms with van der Waals surface area (Å²) in [7, 11) is -2.13. The van der Waals surface area contributed by atoms with Crippen LogP contribution in [0.3, 0.4) is 0 Å². The highest BCUT2D eigenvalue weighted by molar-refractivity contribution is 7.90. The first kappa shape index (κ1) is 27.4. The number of amides is 1. The molecule has 3 aromatic rings. The monoisotopic (exact) mass is 535 g/mol. The molecule has 1 aromatic carbocycles. The molecule has 2 heterocycles. The second kappa shape index (κ2) is 10.1. The van der Waals surface area contributed by atoms with Gasteiger partial charge in [0.05, 0.1) is 29.2 Å². The number of rotatable bonds is 7. The molecular formula is C24H30ClN5O5S. The highest BCUT2D eigenvalue weighted by atomic mass is 35.5. The van der Waals surface area contributed by atoms with Gasteiger partial charge in [0.25, 0.3) is 0 Å². The number of nitrogens with one attached hydrogen (secondary N) is 2. The van der Waals surface area contributed by atoms with E-state index in [0.717, 1.165) is 6.26 Å². The molecule has 36 heavy (non-hydrogen) atoms. The minimum atomic E-state index is -3.64. The average molecular weight is 536 g/mol. The third-order valence-corrected chi connectivity index (χ3v) is 6.24. The number of H-pyrrole nitrogens is 1. The molecule has 0 aliphatic carbocycles. The number of ether oxygens (including phenoxy) is 2. The van der Waals surface area contributed by atoms with Crippen molar-refractivity contribution in [1.82, 2.24) is 25.3 Å². The predicted molar refractivity (Wildman–Crippen MR) is 137 cm³/mol. The number of alkyl carbamates (subject to hydrolysis) is 1. The lowest BCUT2D eigenvalue weighted by molar-refractivity contribution is 0.0516. The van der Waals surface area contributed by atoms with E-state index < -0.39 is 26.9 Å². The number of benzene rings is 1. The molecule has 0 spiro atoms. The number of aromatic nitrogens is 4. The minimum Gasteiger partial charge on any atom is -0.495 e. The fourth-order valence-electron chi connectivity index (χ4n) is 3.24. The number of imidazole rings is 1. The number of aromatic amines is 1. The summed E-state index contributed by atoms with van der Waals surface area (Å²) >= 11 is 6.21. The van der Waals surface area contributed by atoms with Crippen molar-refractivity contribution >= 4 is 27.5 Å². The lowest BCUT2D eigenvalue weighted by atomic mass is 9.92. The minimum absolute atomic E-state index is 0.219. The Balaban J connectivity index is 2.09. The van der Waals surface area contributed by atoms with E-state index in [-0.39, 0.29) is 11.7 Å². The summed E-state index contributed by atoms with van der Waals surface area (Å²) in [5.74, 6) is 0.993. The van der Waals surface area contributed by atoms with Gasteiger partial charge in [0.1, 0.15) is 17.2 Å². The van der Waals surface area contributed by atoms with Crippen molar-refractivity contribution < 1.29 is 22.7 Å². The van der Waals surface area contributed by atoms with Crippen molar-refractivity contribution in [3.05, 3.63) is 41.3 Å². The molecule has 0 aliphatic heterocycles. The Labute approximate surface area is 215 Å². The van der Waals surface area contributed by atoms with Gasteiger partial charge in [0, 0.05) is 30.0 Å². The second-order valence-corrected chi connectivity index (χ2v) is 12.2. The van der Waals surface area contributed by atoms with Crippen LogP contribution in [0.15, 0.2) is 35.6 Å². The lowest BCUT2D eigenvalue weighted by Gasteiger charge is -2.25. The molecule has 194 valence electrons. The summed E-state index contributed by atoms with van der Waals surface area (Å²) in [6, 6.07) is 6.79. The van der Waals surface area contributed by atoms with Crippen molar-refractivity contribution in [2.45, 2.75) is 50.8 Å². The summed E-state index contributed by atoms with van der Waals surface area (Å²) in [4.78, 5) is 28.5. The first-order valence-corrected chi connectivity index (χ1v) is 13.3. The fourth-order valence-corrected chi connectivity index (χ4v) is 3.96. The van der Waals surface area contributed by atoms with Crippen LogP contribution >= 0.6 is 11.6 Å². The molecule has 0 atom stereocenters. The molecule has 3 rings (SSSR count). The van der Waals surface area contributed by atoms with Crippen molar-refractivity contribution in [3.63, 3.8) is 0 Å². The third kappa shape index (κ3) is 6.52. The Morgan fingerprint density at radius 1 is 1.14 bits per heavy atom. The molecule has 0 bridgehead atoms. The van der Waals surface area contributed by atoms with E-state index >= 15 is 0 Å². The summed E-state index contributed by atoms with van der Waals surface area (Å²) < 4.78 is 34.8. The van der Waals surface area contributed by atoms with Crippen molar-refractivity contribution in [2.75, 3.05) is 19.9 Å². The van der Waals surface area contributed by atoms with Crippen LogP contribution in [0.25, 0.3) is 22.6 Å². The molecule has 2 N–H and O–H groups in total.